The maximum atomic E-state index is 10.4. The number of hydrogen-bond donors (Lipinski definition) is 0. The average molecular weight is 126 g/mol. The maximum absolute atomic E-state index is 10.4. The van der Waals surface area contributed by atoms with Crippen molar-refractivity contribution >= 4 is 6.29 Å². The Labute approximate surface area is 56.8 Å². The number of allylic oxidation sites excluding steroid dienone is 1. The highest BCUT2D eigenvalue weighted by Crippen LogP contribution is 2.23. The van der Waals surface area contributed by atoms with Gasteiger partial charge in [0.1, 0.15) is 6.29 Å². The Morgan fingerprint density at radius 1 is 1.67 bits per heavy atom. The molecule has 0 heterocycles. The molecule has 0 rings (SSSR count). The monoisotopic (exact) mass is 126 g/mol. The van der Waals surface area contributed by atoms with Crippen LogP contribution in [0.2, 0.25) is 0 Å². The normalized spacial score (nSPS) is 11.0. The Morgan fingerprint density at radius 3 is 2.22 bits per heavy atom. The number of carbonyl (C=O) groups excluding carboxylic acids is 1. The second-order valence-corrected chi connectivity index (χ2v) is 2.80. The molecule has 0 saturated carbocycles. The minimum atomic E-state index is -0.325. The van der Waals surface area contributed by atoms with Crippen LogP contribution >= 0.6 is 0 Å². The van der Waals surface area contributed by atoms with Crippen LogP contribution in [0.5, 0.6) is 0 Å². The summed E-state index contributed by atoms with van der Waals surface area (Å²) in [5.41, 5.74) is 0.673. The molecule has 0 aromatic rings. The zero-order valence-electron chi connectivity index (χ0n) is 6.40. The molecule has 0 N–H and O–H groups in total. The molecule has 0 radical (unpaired) electrons. The van der Waals surface area contributed by atoms with E-state index in [1.54, 1.807) is 0 Å². The minimum Gasteiger partial charge on any atom is -0.302 e. The largest absolute Gasteiger partial charge is 0.302 e. The second kappa shape index (κ2) is 2.81. The molecule has 0 aliphatic carbocycles. The first-order valence-electron chi connectivity index (χ1n) is 3.19. The zero-order valence-corrected chi connectivity index (χ0v) is 6.40. The van der Waals surface area contributed by atoms with Crippen LogP contribution in [-0.2, 0) is 4.79 Å². The molecular weight excluding hydrogens is 112 g/mol. The van der Waals surface area contributed by atoms with E-state index >= 15 is 0 Å². The van der Waals surface area contributed by atoms with Crippen LogP contribution in [0, 0.1) is 5.41 Å². The van der Waals surface area contributed by atoms with E-state index in [9.17, 15) is 4.79 Å². The number of carbonyl (C=O) groups is 1. The molecule has 0 aromatic heterocycles. The molecule has 1 nitrogen and oxygen atoms in total. The lowest BCUT2D eigenvalue weighted by molar-refractivity contribution is -0.113. The highest BCUT2D eigenvalue weighted by molar-refractivity contribution is 5.63. The minimum absolute atomic E-state index is 0.325. The van der Waals surface area contributed by atoms with E-state index in [2.05, 4.69) is 6.58 Å². The highest BCUT2D eigenvalue weighted by atomic mass is 16.1. The van der Waals surface area contributed by atoms with E-state index in [1.807, 2.05) is 20.8 Å². The zero-order chi connectivity index (χ0) is 7.49. The summed E-state index contributed by atoms with van der Waals surface area (Å²) in [5, 5.41) is 0. The van der Waals surface area contributed by atoms with Gasteiger partial charge < -0.3 is 4.79 Å². The van der Waals surface area contributed by atoms with E-state index in [-0.39, 0.29) is 5.41 Å². The molecule has 0 aromatic carbocycles. The lowest BCUT2D eigenvalue weighted by atomic mass is 9.85. The molecule has 0 atom stereocenters. The van der Waals surface area contributed by atoms with Crippen molar-refractivity contribution in [2.45, 2.75) is 27.2 Å². The van der Waals surface area contributed by atoms with Gasteiger partial charge in [-0.2, -0.15) is 0 Å². The van der Waals surface area contributed by atoms with Crippen LogP contribution in [0.15, 0.2) is 12.2 Å². The summed E-state index contributed by atoms with van der Waals surface area (Å²) >= 11 is 0. The Hall–Kier alpha value is -0.590. The van der Waals surface area contributed by atoms with Gasteiger partial charge in [-0.15, -0.1) is 0 Å². The predicted octanol–water partition coefficient (Wildman–Crippen LogP) is 2.18. The first-order valence-corrected chi connectivity index (χ1v) is 3.19. The summed E-state index contributed by atoms with van der Waals surface area (Å²) in [6.45, 7) is 9.55. The van der Waals surface area contributed by atoms with Crippen LogP contribution in [0.25, 0.3) is 0 Å². The van der Waals surface area contributed by atoms with Gasteiger partial charge in [0.25, 0.3) is 0 Å². The smallest absolute Gasteiger partial charge is 0.129 e. The summed E-state index contributed by atoms with van der Waals surface area (Å²) in [6.07, 6.45) is 1.82. The van der Waals surface area contributed by atoms with E-state index in [0.717, 1.165) is 18.3 Å². The maximum Gasteiger partial charge on any atom is 0.129 e. The number of hydrogen-bond acceptors (Lipinski definition) is 1. The fourth-order valence-corrected chi connectivity index (χ4v) is 0.539. The molecule has 0 aliphatic heterocycles. The quantitative estimate of drug-likeness (QED) is 0.418. The molecule has 52 valence electrons. The first kappa shape index (κ1) is 8.41. The van der Waals surface area contributed by atoms with Crippen molar-refractivity contribution in [2.24, 2.45) is 5.41 Å². The molecule has 0 spiro atoms. The molecule has 0 saturated heterocycles. The van der Waals surface area contributed by atoms with E-state index in [1.165, 1.54) is 0 Å². The molecule has 0 aliphatic rings. The standard InChI is InChI=1S/C8H14O/c1-5-7(2)8(3,4)6-9/h6H,2,5H2,1,3-4H3. The lowest BCUT2D eigenvalue weighted by Crippen LogP contribution is -2.14. The molecule has 0 unspecified atom stereocenters. The summed E-state index contributed by atoms with van der Waals surface area (Å²) in [5.74, 6) is 0. The fraction of sp³-hybridized carbons (Fsp3) is 0.625. The third-order valence-corrected chi connectivity index (χ3v) is 1.63. The van der Waals surface area contributed by atoms with Crippen molar-refractivity contribution in [1.29, 1.82) is 0 Å². The Morgan fingerprint density at radius 2 is 2.11 bits per heavy atom. The molecular formula is C8H14O. The van der Waals surface area contributed by atoms with Crippen molar-refractivity contribution in [2.75, 3.05) is 0 Å². The van der Waals surface area contributed by atoms with Gasteiger partial charge in [-0.05, 0) is 20.3 Å². The van der Waals surface area contributed by atoms with Crippen LogP contribution in [0.3, 0.4) is 0 Å². The topological polar surface area (TPSA) is 17.1 Å². The molecule has 0 amide bonds. The number of aldehydes is 1. The van der Waals surface area contributed by atoms with Gasteiger partial charge >= 0.3 is 0 Å². The molecule has 9 heavy (non-hydrogen) atoms. The van der Waals surface area contributed by atoms with Gasteiger partial charge in [-0.25, -0.2) is 0 Å². The average Bonchev–Trinajstić information content (AvgIpc) is 1.86. The molecule has 0 bridgehead atoms. The van der Waals surface area contributed by atoms with Gasteiger partial charge in [-0.3, -0.25) is 0 Å². The summed E-state index contributed by atoms with van der Waals surface area (Å²) in [4.78, 5) is 10.4. The van der Waals surface area contributed by atoms with Crippen molar-refractivity contribution in [1.82, 2.24) is 0 Å². The van der Waals surface area contributed by atoms with Gasteiger partial charge in [0.15, 0.2) is 0 Å². The Kier molecular flexibility index (Phi) is 2.63. The third kappa shape index (κ3) is 2.00. The Balaban J connectivity index is 4.14. The SMILES string of the molecule is C=C(CC)C(C)(C)C=O. The van der Waals surface area contributed by atoms with E-state index < -0.39 is 0 Å². The van der Waals surface area contributed by atoms with Crippen LogP contribution in [-0.4, -0.2) is 6.29 Å². The van der Waals surface area contributed by atoms with Crippen molar-refractivity contribution in [3.63, 3.8) is 0 Å². The van der Waals surface area contributed by atoms with Gasteiger partial charge in [0.2, 0.25) is 0 Å². The predicted molar refractivity (Wildman–Crippen MR) is 39.3 cm³/mol. The van der Waals surface area contributed by atoms with E-state index in [0.29, 0.717) is 0 Å². The third-order valence-electron chi connectivity index (χ3n) is 1.63. The number of rotatable bonds is 3. The van der Waals surface area contributed by atoms with Gasteiger partial charge in [0, 0.05) is 5.41 Å². The Bertz CT molecular complexity index is 123. The fourth-order valence-electron chi connectivity index (χ4n) is 0.539. The van der Waals surface area contributed by atoms with Gasteiger partial charge in [0.05, 0.1) is 0 Å². The van der Waals surface area contributed by atoms with E-state index in [4.69, 9.17) is 0 Å². The van der Waals surface area contributed by atoms with Crippen LogP contribution in [0.4, 0.5) is 0 Å². The van der Waals surface area contributed by atoms with Crippen molar-refractivity contribution < 1.29 is 4.79 Å². The van der Waals surface area contributed by atoms with Crippen LogP contribution in [0.1, 0.15) is 27.2 Å². The second-order valence-electron chi connectivity index (χ2n) is 2.80. The summed E-state index contributed by atoms with van der Waals surface area (Å²) in [6, 6.07) is 0. The molecule has 1 heteroatoms. The van der Waals surface area contributed by atoms with Crippen LogP contribution < -0.4 is 0 Å². The van der Waals surface area contributed by atoms with Gasteiger partial charge in [-0.1, -0.05) is 19.1 Å². The van der Waals surface area contributed by atoms with Crippen molar-refractivity contribution in [3.8, 4) is 0 Å². The first-order chi connectivity index (χ1) is 4.04. The summed E-state index contributed by atoms with van der Waals surface area (Å²) < 4.78 is 0. The highest BCUT2D eigenvalue weighted by Gasteiger charge is 2.18. The summed E-state index contributed by atoms with van der Waals surface area (Å²) in [7, 11) is 0. The molecule has 0 fully saturated rings. The lowest BCUT2D eigenvalue weighted by Gasteiger charge is -2.18. The van der Waals surface area contributed by atoms with Crippen molar-refractivity contribution in [3.05, 3.63) is 12.2 Å².